The summed E-state index contributed by atoms with van der Waals surface area (Å²) in [6.45, 7) is 0. The van der Waals surface area contributed by atoms with Crippen LogP contribution in [0.2, 0.25) is 0 Å². The zero-order chi connectivity index (χ0) is 9.64. The van der Waals surface area contributed by atoms with Gasteiger partial charge >= 0.3 is 5.69 Å². The predicted molar refractivity (Wildman–Crippen MR) is 48.2 cm³/mol. The summed E-state index contributed by atoms with van der Waals surface area (Å²) >= 11 is 3.06. The van der Waals surface area contributed by atoms with Gasteiger partial charge in [-0.25, -0.2) is 18.3 Å². The van der Waals surface area contributed by atoms with Gasteiger partial charge in [0.25, 0.3) is 0 Å². The molecule has 8 heteroatoms. The average molecular weight is 268 g/mol. The Bertz CT molecular complexity index is 475. The van der Waals surface area contributed by atoms with Gasteiger partial charge < -0.3 is 0 Å². The van der Waals surface area contributed by atoms with Crippen molar-refractivity contribution >= 4 is 25.8 Å². The summed E-state index contributed by atoms with van der Waals surface area (Å²) in [5.74, 6) is 0.0378. The fraction of sp³-hybridized carbons (Fsp3) is 0.600. The van der Waals surface area contributed by atoms with E-state index in [1.807, 2.05) is 0 Å². The SMILES string of the molecule is O=c1[nH]nc(Br)n1C1CS(=O)(=O)C1. The first-order valence-corrected chi connectivity index (χ1v) is 6.14. The summed E-state index contributed by atoms with van der Waals surface area (Å²) in [6, 6.07) is -0.273. The Morgan fingerprint density at radius 3 is 2.54 bits per heavy atom. The first-order valence-electron chi connectivity index (χ1n) is 3.52. The molecule has 0 saturated carbocycles. The molecule has 1 aromatic rings. The van der Waals surface area contributed by atoms with Crippen LogP contribution < -0.4 is 5.69 Å². The molecule has 0 spiro atoms. The number of sulfone groups is 1. The second-order valence-corrected chi connectivity index (χ2v) is 5.76. The quantitative estimate of drug-likeness (QED) is 0.730. The van der Waals surface area contributed by atoms with Gasteiger partial charge in [-0.1, -0.05) is 0 Å². The summed E-state index contributed by atoms with van der Waals surface area (Å²) in [6.07, 6.45) is 0. The molecular formula is C5H6BrN3O3S. The van der Waals surface area contributed by atoms with E-state index in [-0.39, 0.29) is 23.2 Å². The molecule has 1 aliphatic rings. The van der Waals surface area contributed by atoms with Gasteiger partial charge in [-0.15, -0.1) is 5.10 Å². The van der Waals surface area contributed by atoms with E-state index >= 15 is 0 Å². The van der Waals surface area contributed by atoms with Crippen LogP contribution in [0.25, 0.3) is 0 Å². The number of aromatic nitrogens is 3. The van der Waals surface area contributed by atoms with E-state index in [0.29, 0.717) is 4.73 Å². The molecule has 2 rings (SSSR count). The maximum absolute atomic E-state index is 11.1. The molecule has 1 saturated heterocycles. The smallest absolute Gasteiger partial charge is 0.265 e. The van der Waals surface area contributed by atoms with Crippen LogP contribution in [0.3, 0.4) is 0 Å². The van der Waals surface area contributed by atoms with Crippen molar-refractivity contribution in [2.75, 3.05) is 11.5 Å². The van der Waals surface area contributed by atoms with E-state index in [2.05, 4.69) is 26.1 Å². The van der Waals surface area contributed by atoms with Crippen LogP contribution in [-0.4, -0.2) is 34.7 Å². The van der Waals surface area contributed by atoms with Crippen molar-refractivity contribution in [2.24, 2.45) is 0 Å². The number of halogens is 1. The largest absolute Gasteiger partial charge is 0.344 e. The molecule has 1 fully saturated rings. The van der Waals surface area contributed by atoms with Gasteiger partial charge in [-0.3, -0.25) is 4.57 Å². The second kappa shape index (κ2) is 2.68. The molecule has 6 nitrogen and oxygen atoms in total. The number of aromatic amines is 1. The van der Waals surface area contributed by atoms with Gasteiger partial charge in [0, 0.05) is 0 Å². The third-order valence-electron chi connectivity index (χ3n) is 1.92. The minimum atomic E-state index is -2.91. The standard InChI is InChI=1S/C5H6BrN3O3S/c6-4-7-8-5(10)9(4)3-1-13(11,12)2-3/h3H,1-2H2,(H,8,10). The number of H-pyrrole nitrogens is 1. The maximum Gasteiger partial charge on any atom is 0.344 e. The second-order valence-electron chi connectivity index (χ2n) is 2.90. The third kappa shape index (κ3) is 1.44. The summed E-state index contributed by atoms with van der Waals surface area (Å²) in [5.41, 5.74) is -0.383. The van der Waals surface area contributed by atoms with E-state index in [4.69, 9.17) is 0 Å². The van der Waals surface area contributed by atoms with Crippen LogP contribution in [-0.2, 0) is 9.84 Å². The van der Waals surface area contributed by atoms with Crippen molar-refractivity contribution in [3.63, 3.8) is 0 Å². The fourth-order valence-electron chi connectivity index (χ4n) is 1.29. The predicted octanol–water partition coefficient (Wildman–Crippen LogP) is -0.697. The van der Waals surface area contributed by atoms with Gasteiger partial charge in [-0.2, -0.15) is 0 Å². The van der Waals surface area contributed by atoms with E-state index in [1.54, 1.807) is 0 Å². The van der Waals surface area contributed by atoms with Gasteiger partial charge in [0.2, 0.25) is 4.73 Å². The zero-order valence-electron chi connectivity index (χ0n) is 6.40. The van der Waals surface area contributed by atoms with E-state index in [9.17, 15) is 13.2 Å². The van der Waals surface area contributed by atoms with E-state index < -0.39 is 9.84 Å². The van der Waals surface area contributed by atoms with E-state index in [0.717, 1.165) is 0 Å². The highest BCUT2D eigenvalue weighted by atomic mass is 79.9. The van der Waals surface area contributed by atoms with Crippen LogP contribution in [0.1, 0.15) is 6.04 Å². The molecule has 1 aliphatic heterocycles. The normalized spacial score (nSPS) is 21.3. The molecule has 0 radical (unpaired) electrons. The molecule has 0 amide bonds. The highest BCUT2D eigenvalue weighted by molar-refractivity contribution is 9.10. The van der Waals surface area contributed by atoms with Crippen LogP contribution >= 0.6 is 15.9 Å². The summed E-state index contributed by atoms with van der Waals surface area (Å²) < 4.78 is 23.4. The molecule has 1 N–H and O–H groups in total. The monoisotopic (exact) mass is 267 g/mol. The number of nitrogens with one attached hydrogen (secondary N) is 1. The molecule has 0 bridgehead atoms. The van der Waals surface area contributed by atoms with Crippen LogP contribution in [0.5, 0.6) is 0 Å². The topological polar surface area (TPSA) is 84.8 Å². The molecule has 1 aromatic heterocycles. The highest BCUT2D eigenvalue weighted by Gasteiger charge is 2.36. The lowest BCUT2D eigenvalue weighted by atomic mass is 10.4. The number of nitrogens with zero attached hydrogens (tertiary/aromatic N) is 2. The molecule has 13 heavy (non-hydrogen) atoms. The van der Waals surface area contributed by atoms with Gasteiger partial charge in [0.1, 0.15) is 0 Å². The molecule has 0 atom stereocenters. The molecular weight excluding hydrogens is 262 g/mol. The van der Waals surface area contributed by atoms with Gasteiger partial charge in [-0.05, 0) is 15.9 Å². The lowest BCUT2D eigenvalue weighted by Crippen LogP contribution is -2.42. The van der Waals surface area contributed by atoms with Crippen LogP contribution in [0.4, 0.5) is 0 Å². The number of hydrogen-bond donors (Lipinski definition) is 1. The minimum absolute atomic E-state index is 0.0189. The van der Waals surface area contributed by atoms with Crippen molar-refractivity contribution in [3.8, 4) is 0 Å². The van der Waals surface area contributed by atoms with Gasteiger partial charge in [0.05, 0.1) is 17.5 Å². The molecule has 2 heterocycles. The highest BCUT2D eigenvalue weighted by Crippen LogP contribution is 2.24. The number of rotatable bonds is 1. The van der Waals surface area contributed by atoms with Crippen molar-refractivity contribution in [2.45, 2.75) is 6.04 Å². The Morgan fingerprint density at radius 1 is 1.54 bits per heavy atom. The molecule has 0 aliphatic carbocycles. The summed E-state index contributed by atoms with van der Waals surface area (Å²) in [5, 5.41) is 5.84. The lowest BCUT2D eigenvalue weighted by Gasteiger charge is -2.25. The summed E-state index contributed by atoms with van der Waals surface area (Å²) in [7, 11) is -2.91. The first-order chi connectivity index (χ1) is 5.99. The van der Waals surface area contributed by atoms with Crippen LogP contribution in [0, 0.1) is 0 Å². The van der Waals surface area contributed by atoms with Crippen molar-refractivity contribution < 1.29 is 8.42 Å². The molecule has 0 unspecified atom stereocenters. The van der Waals surface area contributed by atoms with Crippen molar-refractivity contribution in [3.05, 3.63) is 15.2 Å². The Kier molecular flexibility index (Phi) is 1.84. The van der Waals surface area contributed by atoms with Crippen molar-refractivity contribution in [1.29, 1.82) is 0 Å². The Balaban J connectivity index is 2.34. The van der Waals surface area contributed by atoms with E-state index in [1.165, 1.54) is 4.57 Å². The maximum atomic E-state index is 11.1. The first kappa shape index (κ1) is 8.95. The summed E-state index contributed by atoms with van der Waals surface area (Å²) in [4.78, 5) is 11.1. The zero-order valence-corrected chi connectivity index (χ0v) is 8.80. The molecule has 72 valence electrons. The Hall–Kier alpha value is -0.630. The lowest BCUT2D eigenvalue weighted by molar-refractivity contribution is 0.493. The Labute approximate surface area is 82.0 Å². The Morgan fingerprint density at radius 2 is 2.15 bits per heavy atom. The van der Waals surface area contributed by atoms with Crippen molar-refractivity contribution in [1.82, 2.24) is 14.8 Å². The average Bonchev–Trinajstić information content (AvgIpc) is 2.26. The third-order valence-corrected chi connectivity index (χ3v) is 4.26. The molecule has 0 aromatic carbocycles. The van der Waals surface area contributed by atoms with Gasteiger partial charge in [0.15, 0.2) is 9.84 Å². The number of hydrogen-bond acceptors (Lipinski definition) is 4. The van der Waals surface area contributed by atoms with Crippen LogP contribution in [0.15, 0.2) is 9.53 Å². The minimum Gasteiger partial charge on any atom is -0.265 e. The fourth-order valence-corrected chi connectivity index (χ4v) is 3.20.